The molecule has 1 fully saturated rings. The van der Waals surface area contributed by atoms with Crippen LogP contribution in [0.4, 0.5) is 5.69 Å². The lowest BCUT2D eigenvalue weighted by Gasteiger charge is -2.28. The van der Waals surface area contributed by atoms with E-state index in [1.807, 2.05) is 18.2 Å². The minimum atomic E-state index is -0.378. The molecule has 4 rings (SSSR count). The molecule has 0 N–H and O–H groups in total. The lowest BCUT2D eigenvalue weighted by Crippen LogP contribution is -2.29. The normalized spacial score (nSPS) is 24.3. The van der Waals surface area contributed by atoms with Crippen molar-refractivity contribution in [2.24, 2.45) is 4.99 Å². The first kappa shape index (κ1) is 16.8. The number of nitro groups is 1. The maximum absolute atomic E-state index is 11.3. The van der Waals surface area contributed by atoms with Crippen molar-refractivity contribution in [3.05, 3.63) is 64.0 Å². The van der Waals surface area contributed by atoms with E-state index in [4.69, 9.17) is 9.73 Å². The summed E-state index contributed by atoms with van der Waals surface area (Å²) in [5, 5.41) is 12.7. The van der Waals surface area contributed by atoms with Crippen LogP contribution in [0.1, 0.15) is 30.3 Å². The van der Waals surface area contributed by atoms with Crippen LogP contribution in [-0.4, -0.2) is 38.9 Å². The molecule has 134 valence electrons. The van der Waals surface area contributed by atoms with Crippen molar-refractivity contribution in [3.63, 3.8) is 0 Å². The van der Waals surface area contributed by atoms with Gasteiger partial charge in [0.25, 0.3) is 5.69 Å². The van der Waals surface area contributed by atoms with Crippen LogP contribution in [0, 0.1) is 10.1 Å². The Morgan fingerprint density at radius 2 is 2.19 bits per heavy atom. The Hall–Kier alpha value is -2.61. The third-order valence-electron chi connectivity index (χ3n) is 4.62. The van der Waals surface area contributed by atoms with Gasteiger partial charge in [0, 0.05) is 35.7 Å². The van der Waals surface area contributed by atoms with E-state index < -0.39 is 0 Å². The summed E-state index contributed by atoms with van der Waals surface area (Å²) in [6.07, 6.45) is 1.75. The number of ether oxygens (including phenoxy) is 1. The van der Waals surface area contributed by atoms with E-state index in [9.17, 15) is 10.1 Å². The van der Waals surface area contributed by atoms with Crippen LogP contribution >= 0.6 is 11.8 Å². The molecule has 0 spiro atoms. The number of benzene rings is 1. The Bertz CT molecular complexity index is 874. The molecule has 2 aliphatic heterocycles. The summed E-state index contributed by atoms with van der Waals surface area (Å²) in [6, 6.07) is 10.1. The summed E-state index contributed by atoms with van der Waals surface area (Å²) in [6.45, 7) is 2.99. The molecule has 2 aliphatic rings. The molecular formula is C18H18N4O3S. The summed E-state index contributed by atoms with van der Waals surface area (Å²) in [4.78, 5) is 22.5. The van der Waals surface area contributed by atoms with Crippen molar-refractivity contribution >= 4 is 22.6 Å². The predicted molar refractivity (Wildman–Crippen MR) is 101 cm³/mol. The average molecular weight is 370 g/mol. The number of hydrogen-bond donors (Lipinski definition) is 0. The van der Waals surface area contributed by atoms with Gasteiger partial charge in [-0.05, 0) is 18.2 Å². The summed E-state index contributed by atoms with van der Waals surface area (Å²) < 4.78 is 5.52. The number of aliphatic imine (C=N–C) groups is 1. The first-order chi connectivity index (χ1) is 12.6. The number of nitro benzene ring substituents is 1. The second kappa shape index (κ2) is 6.60. The fourth-order valence-corrected chi connectivity index (χ4v) is 4.61. The zero-order valence-corrected chi connectivity index (χ0v) is 15.2. The first-order valence-corrected chi connectivity index (χ1v) is 9.21. The molecule has 0 unspecified atom stereocenters. The van der Waals surface area contributed by atoms with E-state index in [0.29, 0.717) is 11.0 Å². The van der Waals surface area contributed by atoms with Crippen LogP contribution in [-0.2, 0) is 0 Å². The van der Waals surface area contributed by atoms with Gasteiger partial charge in [-0.2, -0.15) is 0 Å². The maximum atomic E-state index is 11.3. The van der Waals surface area contributed by atoms with Gasteiger partial charge in [0.05, 0.1) is 23.8 Å². The van der Waals surface area contributed by atoms with Crippen molar-refractivity contribution < 1.29 is 9.66 Å². The number of nitrogens with zero attached hydrogens (tertiary/aromatic N) is 4. The van der Waals surface area contributed by atoms with Gasteiger partial charge in [-0.25, -0.2) is 0 Å². The summed E-state index contributed by atoms with van der Waals surface area (Å²) in [5.41, 5.74) is 1.67. The van der Waals surface area contributed by atoms with Gasteiger partial charge in [0.2, 0.25) is 0 Å². The molecule has 0 bridgehead atoms. The van der Waals surface area contributed by atoms with Crippen LogP contribution in [0.25, 0.3) is 0 Å². The van der Waals surface area contributed by atoms with E-state index in [-0.39, 0.29) is 22.7 Å². The van der Waals surface area contributed by atoms with E-state index >= 15 is 0 Å². The number of fused-ring (bicyclic) bond motifs is 1. The van der Waals surface area contributed by atoms with Gasteiger partial charge >= 0.3 is 0 Å². The lowest BCUT2D eigenvalue weighted by atomic mass is 9.95. The number of amidine groups is 1. The van der Waals surface area contributed by atoms with Gasteiger partial charge in [-0.1, -0.05) is 24.8 Å². The molecule has 1 saturated heterocycles. The van der Waals surface area contributed by atoms with Crippen LogP contribution in [0.15, 0.2) is 47.6 Å². The van der Waals surface area contributed by atoms with E-state index in [1.165, 1.54) is 6.07 Å². The highest BCUT2D eigenvalue weighted by Crippen LogP contribution is 2.50. The molecule has 8 heteroatoms. The van der Waals surface area contributed by atoms with Gasteiger partial charge in [-0.15, -0.1) is 0 Å². The Morgan fingerprint density at radius 1 is 1.35 bits per heavy atom. The molecule has 0 amide bonds. The highest BCUT2D eigenvalue weighted by atomic mass is 32.2. The second-order valence-electron chi connectivity index (χ2n) is 6.32. The summed E-state index contributed by atoms with van der Waals surface area (Å²) in [7, 11) is 1.58. The van der Waals surface area contributed by atoms with Crippen molar-refractivity contribution in [1.29, 1.82) is 0 Å². The molecule has 3 heterocycles. The smallest absolute Gasteiger partial charge is 0.270 e. The first-order valence-electron chi connectivity index (χ1n) is 8.33. The fourth-order valence-electron chi connectivity index (χ4n) is 3.52. The number of rotatable bonds is 4. The van der Waals surface area contributed by atoms with Crippen LogP contribution in [0.5, 0.6) is 5.75 Å². The molecule has 2 aromatic rings. The molecule has 1 aromatic carbocycles. The zero-order valence-electron chi connectivity index (χ0n) is 14.4. The molecule has 0 radical (unpaired) electrons. The summed E-state index contributed by atoms with van der Waals surface area (Å²) >= 11 is 1.73. The van der Waals surface area contributed by atoms with Crippen molar-refractivity contribution in [2.75, 3.05) is 13.7 Å². The van der Waals surface area contributed by atoms with Crippen molar-refractivity contribution in [3.8, 4) is 5.75 Å². The van der Waals surface area contributed by atoms with Crippen LogP contribution in [0.3, 0.4) is 0 Å². The van der Waals surface area contributed by atoms with E-state index in [1.54, 1.807) is 37.2 Å². The number of non-ortho nitro benzene ring substituents is 1. The summed E-state index contributed by atoms with van der Waals surface area (Å²) in [5.74, 6) is 0.627. The third kappa shape index (κ3) is 2.80. The largest absolute Gasteiger partial charge is 0.496 e. The molecular weight excluding hydrogens is 352 g/mol. The molecule has 3 atom stereocenters. The Morgan fingerprint density at radius 3 is 2.88 bits per heavy atom. The molecule has 1 aromatic heterocycles. The van der Waals surface area contributed by atoms with Gasteiger partial charge in [0.15, 0.2) is 5.17 Å². The minimum Gasteiger partial charge on any atom is -0.496 e. The molecule has 7 nitrogen and oxygen atoms in total. The number of methoxy groups -OCH3 is 1. The maximum Gasteiger partial charge on any atom is 0.270 e. The fraction of sp³-hybridized carbons (Fsp3) is 0.333. The standard InChI is InChI=1S/C18H18N4O3S/c1-11-10-21-17(13-9-12(22(23)24)6-7-15(13)25-2)16(20-18(21)26-11)14-5-3-4-8-19-14/h3-9,11,16-17H,10H2,1-2H3/t11-,16-,17-/m0/s1. The number of thioether (sulfide) groups is 1. The minimum absolute atomic E-state index is 0.0499. The van der Waals surface area contributed by atoms with Crippen LogP contribution < -0.4 is 4.74 Å². The second-order valence-corrected chi connectivity index (χ2v) is 7.73. The van der Waals surface area contributed by atoms with E-state index in [0.717, 1.165) is 23.0 Å². The lowest BCUT2D eigenvalue weighted by molar-refractivity contribution is -0.385. The van der Waals surface area contributed by atoms with Crippen molar-refractivity contribution in [2.45, 2.75) is 24.3 Å². The number of hydrogen-bond acceptors (Lipinski definition) is 7. The Labute approximate surface area is 155 Å². The topological polar surface area (TPSA) is 80.9 Å². The SMILES string of the molecule is COc1ccc([N+](=O)[O-])cc1[C@H]1[C@H](c2ccccn2)N=C2S[C@@H](C)CN21. The van der Waals surface area contributed by atoms with Crippen molar-refractivity contribution in [1.82, 2.24) is 9.88 Å². The number of pyridine rings is 1. The van der Waals surface area contributed by atoms with E-state index in [2.05, 4.69) is 16.8 Å². The average Bonchev–Trinajstić information content (AvgIpc) is 3.17. The molecule has 0 saturated carbocycles. The quantitative estimate of drug-likeness (QED) is 0.604. The predicted octanol–water partition coefficient (Wildman–Crippen LogP) is 3.59. The molecule has 0 aliphatic carbocycles. The van der Waals surface area contributed by atoms with Crippen LogP contribution in [0.2, 0.25) is 0 Å². The molecule has 26 heavy (non-hydrogen) atoms. The Kier molecular flexibility index (Phi) is 4.28. The third-order valence-corrected chi connectivity index (χ3v) is 5.73. The highest BCUT2D eigenvalue weighted by Gasteiger charge is 2.45. The van der Waals surface area contributed by atoms with Gasteiger partial charge in [0.1, 0.15) is 11.8 Å². The monoisotopic (exact) mass is 370 g/mol. The zero-order chi connectivity index (χ0) is 18.3. The van der Waals surface area contributed by atoms with Gasteiger partial charge < -0.3 is 9.64 Å². The van der Waals surface area contributed by atoms with Gasteiger partial charge in [-0.3, -0.25) is 20.1 Å². The Balaban J connectivity index is 1.84. The highest BCUT2D eigenvalue weighted by molar-refractivity contribution is 8.14. The number of aromatic nitrogens is 1.